The highest BCUT2D eigenvalue weighted by Gasteiger charge is 2.26. The van der Waals surface area contributed by atoms with Crippen molar-refractivity contribution in [2.24, 2.45) is 0 Å². The molecule has 112 valence electrons. The molecule has 1 aromatic carbocycles. The lowest BCUT2D eigenvalue weighted by atomic mass is 9.95. The van der Waals surface area contributed by atoms with Gasteiger partial charge in [-0.05, 0) is 44.0 Å². The summed E-state index contributed by atoms with van der Waals surface area (Å²) in [7, 11) is 3.47. The monoisotopic (exact) mass is 299 g/mol. The molecule has 2 N–H and O–H groups in total. The fourth-order valence-corrected chi connectivity index (χ4v) is 2.84. The summed E-state index contributed by atoms with van der Waals surface area (Å²) in [4.78, 5) is 0. The van der Waals surface area contributed by atoms with Gasteiger partial charge in [0.05, 0.1) is 18.2 Å². The van der Waals surface area contributed by atoms with Crippen molar-refractivity contribution in [3.8, 4) is 11.5 Å². The second-order valence-corrected chi connectivity index (χ2v) is 5.55. The Morgan fingerprint density at radius 1 is 1.35 bits per heavy atom. The third-order valence-electron chi connectivity index (χ3n) is 3.61. The average Bonchev–Trinajstić information content (AvgIpc) is 2.44. The molecule has 0 saturated heterocycles. The number of aliphatic hydroxyl groups is 1. The largest absolute Gasteiger partial charge is 0.493 e. The van der Waals surface area contributed by atoms with Gasteiger partial charge < -0.3 is 19.9 Å². The molecule has 2 unspecified atom stereocenters. The van der Waals surface area contributed by atoms with Crippen LogP contribution in [-0.4, -0.2) is 31.5 Å². The van der Waals surface area contributed by atoms with Gasteiger partial charge in [-0.2, -0.15) is 0 Å². The summed E-state index contributed by atoms with van der Waals surface area (Å²) in [6, 6.07) is 3.78. The van der Waals surface area contributed by atoms with Crippen molar-refractivity contribution >= 4 is 11.6 Å². The first-order chi connectivity index (χ1) is 9.65. The quantitative estimate of drug-likeness (QED) is 0.878. The van der Waals surface area contributed by atoms with E-state index in [2.05, 4.69) is 5.32 Å². The fourth-order valence-electron chi connectivity index (χ4n) is 2.56. The lowest BCUT2D eigenvalue weighted by molar-refractivity contribution is 0.00573. The van der Waals surface area contributed by atoms with Crippen LogP contribution in [0.1, 0.15) is 31.2 Å². The first kappa shape index (κ1) is 15.4. The zero-order valence-corrected chi connectivity index (χ0v) is 12.7. The third kappa shape index (κ3) is 3.57. The summed E-state index contributed by atoms with van der Waals surface area (Å²) in [6.07, 6.45) is 3.11. The van der Waals surface area contributed by atoms with E-state index in [1.54, 1.807) is 7.11 Å². The highest BCUT2D eigenvalue weighted by atomic mass is 35.5. The summed E-state index contributed by atoms with van der Waals surface area (Å²) in [5.41, 5.74) is 1.03. The predicted molar refractivity (Wildman–Crippen MR) is 79.7 cm³/mol. The predicted octanol–water partition coefficient (Wildman–Crippen LogP) is 2.75. The van der Waals surface area contributed by atoms with E-state index in [0.717, 1.165) is 31.2 Å². The lowest BCUT2D eigenvalue weighted by Gasteiger charge is -2.29. The van der Waals surface area contributed by atoms with Gasteiger partial charge in [0, 0.05) is 6.54 Å². The Kier molecular flexibility index (Phi) is 5.52. The first-order valence-corrected chi connectivity index (χ1v) is 7.39. The summed E-state index contributed by atoms with van der Waals surface area (Å²) in [5.74, 6) is 1.14. The van der Waals surface area contributed by atoms with Crippen molar-refractivity contribution in [1.82, 2.24) is 5.32 Å². The standard InChI is InChI=1S/C15H22ClNO3/c1-17-9-10-7-11(16)15(14(8-10)19-2)20-13-6-4-3-5-12(13)18/h7-8,12-13,17-18H,3-6,9H2,1-2H3. The zero-order chi connectivity index (χ0) is 14.5. The molecule has 20 heavy (non-hydrogen) atoms. The molecule has 1 fully saturated rings. The number of rotatable bonds is 5. The molecule has 1 aromatic rings. The van der Waals surface area contributed by atoms with Crippen LogP contribution in [0.2, 0.25) is 5.02 Å². The van der Waals surface area contributed by atoms with Gasteiger partial charge in [-0.15, -0.1) is 0 Å². The molecule has 4 nitrogen and oxygen atoms in total. The summed E-state index contributed by atoms with van der Waals surface area (Å²) < 4.78 is 11.3. The fraction of sp³-hybridized carbons (Fsp3) is 0.600. The molecule has 0 amide bonds. The molecule has 1 aliphatic rings. The van der Waals surface area contributed by atoms with Crippen molar-refractivity contribution in [3.63, 3.8) is 0 Å². The van der Waals surface area contributed by atoms with Gasteiger partial charge in [0.15, 0.2) is 11.5 Å². The molecule has 0 radical (unpaired) electrons. The number of nitrogens with one attached hydrogen (secondary N) is 1. The average molecular weight is 300 g/mol. The van der Waals surface area contributed by atoms with Gasteiger partial charge in [0.25, 0.3) is 0 Å². The smallest absolute Gasteiger partial charge is 0.180 e. The van der Waals surface area contributed by atoms with Gasteiger partial charge >= 0.3 is 0 Å². The number of aliphatic hydroxyl groups excluding tert-OH is 1. The van der Waals surface area contributed by atoms with Gasteiger partial charge in [-0.1, -0.05) is 18.0 Å². The second-order valence-electron chi connectivity index (χ2n) is 5.15. The number of halogens is 1. The van der Waals surface area contributed by atoms with Crippen LogP contribution in [0.5, 0.6) is 11.5 Å². The number of benzene rings is 1. The Morgan fingerprint density at radius 2 is 2.10 bits per heavy atom. The van der Waals surface area contributed by atoms with E-state index in [0.29, 0.717) is 23.1 Å². The maximum absolute atomic E-state index is 10.0. The minimum Gasteiger partial charge on any atom is -0.493 e. The molecule has 0 aliphatic heterocycles. The molecule has 2 atom stereocenters. The molecule has 0 bridgehead atoms. The first-order valence-electron chi connectivity index (χ1n) is 7.01. The zero-order valence-electron chi connectivity index (χ0n) is 12.0. The van der Waals surface area contributed by atoms with Crippen LogP contribution in [0.3, 0.4) is 0 Å². The van der Waals surface area contributed by atoms with Gasteiger partial charge in [-0.3, -0.25) is 0 Å². The van der Waals surface area contributed by atoms with E-state index in [9.17, 15) is 5.11 Å². The molecule has 1 saturated carbocycles. The van der Waals surface area contributed by atoms with E-state index < -0.39 is 6.10 Å². The minimum absolute atomic E-state index is 0.203. The lowest BCUT2D eigenvalue weighted by Crippen LogP contribution is -2.34. The molecule has 0 spiro atoms. The summed E-state index contributed by atoms with van der Waals surface area (Å²) >= 11 is 6.30. The van der Waals surface area contributed by atoms with E-state index in [1.165, 1.54) is 0 Å². The van der Waals surface area contributed by atoms with E-state index >= 15 is 0 Å². The van der Waals surface area contributed by atoms with E-state index in [-0.39, 0.29) is 6.10 Å². The molecule has 0 heterocycles. The van der Waals surface area contributed by atoms with Gasteiger partial charge in [-0.25, -0.2) is 0 Å². The summed E-state index contributed by atoms with van der Waals surface area (Å²) in [5, 5.41) is 13.6. The van der Waals surface area contributed by atoms with Gasteiger partial charge in [0.2, 0.25) is 0 Å². The summed E-state index contributed by atoms with van der Waals surface area (Å²) in [6.45, 7) is 0.711. The number of hydrogen-bond donors (Lipinski definition) is 2. The third-order valence-corrected chi connectivity index (χ3v) is 3.89. The molecule has 1 aliphatic carbocycles. The van der Waals surface area contributed by atoms with Crippen LogP contribution in [0.15, 0.2) is 12.1 Å². The maximum atomic E-state index is 10.0. The Bertz CT molecular complexity index is 453. The van der Waals surface area contributed by atoms with Crippen molar-refractivity contribution in [2.75, 3.05) is 14.2 Å². The molecular formula is C15H22ClNO3. The van der Waals surface area contributed by atoms with Crippen molar-refractivity contribution in [3.05, 3.63) is 22.7 Å². The van der Waals surface area contributed by atoms with Crippen molar-refractivity contribution in [1.29, 1.82) is 0 Å². The molecule has 5 heteroatoms. The van der Waals surface area contributed by atoms with Crippen LogP contribution in [0, 0.1) is 0 Å². The van der Waals surface area contributed by atoms with E-state index in [1.807, 2.05) is 19.2 Å². The van der Waals surface area contributed by atoms with Crippen LogP contribution >= 0.6 is 11.6 Å². The number of methoxy groups -OCH3 is 1. The Morgan fingerprint density at radius 3 is 2.75 bits per heavy atom. The highest BCUT2D eigenvalue weighted by molar-refractivity contribution is 6.32. The highest BCUT2D eigenvalue weighted by Crippen LogP contribution is 2.38. The van der Waals surface area contributed by atoms with Crippen molar-refractivity contribution in [2.45, 2.75) is 44.4 Å². The topological polar surface area (TPSA) is 50.7 Å². The van der Waals surface area contributed by atoms with Crippen LogP contribution in [-0.2, 0) is 6.54 Å². The van der Waals surface area contributed by atoms with E-state index in [4.69, 9.17) is 21.1 Å². The Labute approximate surface area is 125 Å². The van der Waals surface area contributed by atoms with Crippen LogP contribution in [0.4, 0.5) is 0 Å². The minimum atomic E-state index is -0.429. The normalized spacial score (nSPS) is 22.6. The second kappa shape index (κ2) is 7.16. The molecular weight excluding hydrogens is 278 g/mol. The number of hydrogen-bond acceptors (Lipinski definition) is 4. The Balaban J connectivity index is 2.21. The van der Waals surface area contributed by atoms with Gasteiger partial charge in [0.1, 0.15) is 6.10 Å². The molecule has 2 rings (SSSR count). The molecule has 0 aromatic heterocycles. The van der Waals surface area contributed by atoms with Crippen LogP contribution < -0.4 is 14.8 Å². The SMILES string of the molecule is CNCc1cc(Cl)c(OC2CCCCC2O)c(OC)c1. The number of ether oxygens (including phenoxy) is 2. The van der Waals surface area contributed by atoms with Crippen LogP contribution in [0.25, 0.3) is 0 Å². The maximum Gasteiger partial charge on any atom is 0.180 e. The van der Waals surface area contributed by atoms with Crippen molar-refractivity contribution < 1.29 is 14.6 Å². The Hall–Kier alpha value is -0.970.